The maximum atomic E-state index is 9.01. The highest BCUT2D eigenvalue weighted by molar-refractivity contribution is 5.70. The van der Waals surface area contributed by atoms with E-state index < -0.39 is 0 Å². The second-order valence-corrected chi connectivity index (χ2v) is 5.54. The highest BCUT2D eigenvalue weighted by Crippen LogP contribution is 2.30. The van der Waals surface area contributed by atoms with Crippen molar-refractivity contribution in [3.8, 4) is 34.4 Å². The third-order valence-corrected chi connectivity index (χ3v) is 3.86. The molecule has 0 atom stereocenters. The Bertz CT molecular complexity index is 901. The molecule has 0 fully saturated rings. The van der Waals surface area contributed by atoms with Crippen LogP contribution in [0.1, 0.15) is 5.56 Å². The van der Waals surface area contributed by atoms with Gasteiger partial charge in [-0.2, -0.15) is 5.26 Å². The largest absolute Gasteiger partial charge is 0.493 e. The summed E-state index contributed by atoms with van der Waals surface area (Å²) in [5.74, 6) is 1.93. The van der Waals surface area contributed by atoms with E-state index in [2.05, 4.69) is 18.2 Å². The number of benzene rings is 3. The van der Waals surface area contributed by atoms with Crippen LogP contribution in [0.4, 0.5) is 0 Å². The van der Waals surface area contributed by atoms with Gasteiger partial charge in [0.25, 0.3) is 0 Å². The molecule has 26 heavy (non-hydrogen) atoms. The lowest BCUT2D eigenvalue weighted by Crippen LogP contribution is -2.10. The molecule has 3 aromatic carbocycles. The van der Waals surface area contributed by atoms with Gasteiger partial charge in [-0.3, -0.25) is 0 Å². The van der Waals surface area contributed by atoms with Gasteiger partial charge in [-0.05, 0) is 23.8 Å². The number of para-hydroxylation sites is 1. The quantitative estimate of drug-likeness (QED) is 0.583. The van der Waals surface area contributed by atoms with Crippen molar-refractivity contribution in [2.45, 2.75) is 0 Å². The predicted molar refractivity (Wildman–Crippen MR) is 101 cm³/mol. The minimum absolute atomic E-state index is 0.342. The molecule has 0 saturated heterocycles. The first-order valence-electron chi connectivity index (χ1n) is 8.30. The monoisotopic (exact) mass is 345 g/mol. The lowest BCUT2D eigenvalue weighted by atomic mass is 10.1. The van der Waals surface area contributed by atoms with E-state index in [1.54, 1.807) is 25.3 Å². The third kappa shape index (κ3) is 4.14. The molecule has 0 aliphatic carbocycles. The summed E-state index contributed by atoms with van der Waals surface area (Å²) in [7, 11) is 1.57. The summed E-state index contributed by atoms with van der Waals surface area (Å²) < 4.78 is 16.9. The van der Waals surface area contributed by atoms with Crippen molar-refractivity contribution < 1.29 is 14.2 Å². The summed E-state index contributed by atoms with van der Waals surface area (Å²) in [6, 6.07) is 25.2. The van der Waals surface area contributed by atoms with Gasteiger partial charge >= 0.3 is 0 Å². The van der Waals surface area contributed by atoms with E-state index in [-0.39, 0.29) is 0 Å². The molecule has 0 radical (unpaired) electrons. The fourth-order valence-corrected chi connectivity index (χ4v) is 2.61. The number of ether oxygens (including phenoxy) is 3. The van der Waals surface area contributed by atoms with Crippen molar-refractivity contribution in [1.82, 2.24) is 0 Å². The summed E-state index contributed by atoms with van der Waals surface area (Å²) >= 11 is 0. The molecule has 0 N–H and O–H groups in total. The fraction of sp³-hybridized carbons (Fsp3) is 0.136. The van der Waals surface area contributed by atoms with Gasteiger partial charge in [-0.1, -0.05) is 48.5 Å². The molecule has 3 rings (SSSR count). The van der Waals surface area contributed by atoms with E-state index in [9.17, 15) is 0 Å². The van der Waals surface area contributed by atoms with Gasteiger partial charge in [0.05, 0.1) is 18.7 Å². The molecule has 130 valence electrons. The zero-order valence-electron chi connectivity index (χ0n) is 14.5. The van der Waals surface area contributed by atoms with E-state index in [0.717, 1.165) is 16.9 Å². The first-order valence-corrected chi connectivity index (χ1v) is 8.30. The Labute approximate surface area is 153 Å². The Balaban J connectivity index is 1.64. The summed E-state index contributed by atoms with van der Waals surface area (Å²) in [4.78, 5) is 0. The lowest BCUT2D eigenvalue weighted by Gasteiger charge is -2.13. The van der Waals surface area contributed by atoms with Crippen LogP contribution in [0, 0.1) is 11.3 Å². The molecule has 0 aliphatic rings. The van der Waals surface area contributed by atoms with Gasteiger partial charge in [-0.15, -0.1) is 0 Å². The summed E-state index contributed by atoms with van der Waals surface area (Å²) in [5, 5.41) is 9.01. The van der Waals surface area contributed by atoms with Crippen LogP contribution >= 0.6 is 0 Å². The molecular formula is C22H19NO3. The molecule has 0 amide bonds. The van der Waals surface area contributed by atoms with Gasteiger partial charge in [0.15, 0.2) is 11.5 Å². The van der Waals surface area contributed by atoms with E-state index >= 15 is 0 Å². The molecule has 0 saturated carbocycles. The van der Waals surface area contributed by atoms with E-state index in [4.69, 9.17) is 19.5 Å². The zero-order valence-corrected chi connectivity index (χ0v) is 14.5. The first kappa shape index (κ1) is 17.4. The molecular weight excluding hydrogens is 326 g/mol. The lowest BCUT2D eigenvalue weighted by molar-refractivity contribution is 0.212. The molecule has 0 bridgehead atoms. The highest BCUT2D eigenvalue weighted by Gasteiger charge is 2.08. The standard InChI is InChI=1S/C22H19NO3/c1-24-21-12-11-17(16-23)15-22(21)26-14-13-25-20-10-6-5-9-19(20)18-7-3-2-4-8-18/h2-12,15H,13-14H2,1H3. The minimum Gasteiger partial charge on any atom is -0.493 e. The topological polar surface area (TPSA) is 51.5 Å². The highest BCUT2D eigenvalue weighted by atomic mass is 16.5. The molecule has 0 aliphatic heterocycles. The van der Waals surface area contributed by atoms with Crippen molar-refractivity contribution in [1.29, 1.82) is 5.26 Å². The Morgan fingerprint density at radius 3 is 2.19 bits per heavy atom. The average Bonchev–Trinajstić information content (AvgIpc) is 2.72. The van der Waals surface area contributed by atoms with Crippen LogP contribution < -0.4 is 14.2 Å². The summed E-state index contributed by atoms with van der Waals surface area (Å²) in [6.45, 7) is 0.720. The van der Waals surface area contributed by atoms with Crippen molar-refractivity contribution in [2.24, 2.45) is 0 Å². The molecule has 4 heteroatoms. The maximum absolute atomic E-state index is 9.01. The predicted octanol–water partition coefficient (Wildman–Crippen LogP) is 4.69. The molecule has 0 unspecified atom stereocenters. The molecule has 3 aromatic rings. The second-order valence-electron chi connectivity index (χ2n) is 5.54. The van der Waals surface area contributed by atoms with Gasteiger partial charge in [-0.25, -0.2) is 0 Å². The van der Waals surface area contributed by atoms with Crippen LogP contribution in [0.25, 0.3) is 11.1 Å². The van der Waals surface area contributed by atoms with Gasteiger partial charge in [0.1, 0.15) is 19.0 Å². The number of rotatable bonds is 7. The number of methoxy groups -OCH3 is 1. The number of hydrogen-bond donors (Lipinski definition) is 0. The van der Waals surface area contributed by atoms with Crippen molar-refractivity contribution >= 4 is 0 Å². The number of nitriles is 1. The van der Waals surface area contributed by atoms with Crippen LogP contribution in [-0.4, -0.2) is 20.3 Å². The van der Waals surface area contributed by atoms with E-state index in [1.807, 2.05) is 42.5 Å². The summed E-state index contributed by atoms with van der Waals surface area (Å²) in [5.41, 5.74) is 2.67. The maximum Gasteiger partial charge on any atom is 0.162 e. The van der Waals surface area contributed by atoms with Gasteiger partial charge in [0.2, 0.25) is 0 Å². The Morgan fingerprint density at radius 2 is 1.46 bits per heavy atom. The van der Waals surface area contributed by atoms with Crippen LogP contribution in [0.2, 0.25) is 0 Å². The Hall–Kier alpha value is -3.45. The molecule has 0 heterocycles. The second kappa shape index (κ2) is 8.59. The molecule has 0 spiro atoms. The SMILES string of the molecule is COc1ccc(C#N)cc1OCCOc1ccccc1-c1ccccc1. The van der Waals surface area contributed by atoms with E-state index in [1.165, 1.54) is 0 Å². The molecule has 4 nitrogen and oxygen atoms in total. The van der Waals surface area contributed by atoms with Crippen molar-refractivity contribution in [3.05, 3.63) is 78.4 Å². The smallest absolute Gasteiger partial charge is 0.162 e. The first-order chi connectivity index (χ1) is 12.8. The zero-order chi connectivity index (χ0) is 18.2. The summed E-state index contributed by atoms with van der Waals surface area (Å²) in [6.07, 6.45) is 0. The fourth-order valence-electron chi connectivity index (χ4n) is 2.61. The normalized spacial score (nSPS) is 10.0. The van der Waals surface area contributed by atoms with Crippen molar-refractivity contribution in [2.75, 3.05) is 20.3 Å². The van der Waals surface area contributed by atoms with Crippen LogP contribution in [0.5, 0.6) is 17.2 Å². The van der Waals surface area contributed by atoms with Crippen LogP contribution in [0.3, 0.4) is 0 Å². The third-order valence-electron chi connectivity index (χ3n) is 3.86. The average molecular weight is 345 g/mol. The Kier molecular flexibility index (Phi) is 5.74. The van der Waals surface area contributed by atoms with Gasteiger partial charge in [0, 0.05) is 11.6 Å². The minimum atomic E-state index is 0.342. The van der Waals surface area contributed by atoms with Gasteiger partial charge < -0.3 is 14.2 Å². The number of nitrogens with zero attached hydrogens (tertiary/aromatic N) is 1. The van der Waals surface area contributed by atoms with Crippen molar-refractivity contribution in [3.63, 3.8) is 0 Å². The number of hydrogen-bond acceptors (Lipinski definition) is 4. The van der Waals surface area contributed by atoms with Crippen LogP contribution in [-0.2, 0) is 0 Å². The Morgan fingerprint density at radius 1 is 0.769 bits per heavy atom. The van der Waals surface area contributed by atoms with E-state index in [0.29, 0.717) is 30.3 Å². The molecule has 0 aromatic heterocycles. The van der Waals surface area contributed by atoms with Crippen LogP contribution in [0.15, 0.2) is 72.8 Å².